The summed E-state index contributed by atoms with van der Waals surface area (Å²) in [5.41, 5.74) is 0.191. The number of alkyl halides is 1. The third kappa shape index (κ3) is 2.11. The first-order valence-corrected chi connectivity index (χ1v) is 7.56. The molecule has 2 saturated carbocycles. The molecule has 0 bridgehead atoms. The maximum Gasteiger partial charge on any atom is 0.122 e. The quantitative estimate of drug-likeness (QED) is 0.673. The summed E-state index contributed by atoms with van der Waals surface area (Å²) in [6.45, 7) is 0. The first kappa shape index (κ1) is 12.9. The molecular formula is C14H15Cl3O. The molecule has 18 heavy (non-hydrogen) atoms. The van der Waals surface area contributed by atoms with Crippen LogP contribution in [-0.2, 0) is 0 Å². The molecule has 98 valence electrons. The summed E-state index contributed by atoms with van der Waals surface area (Å²) >= 11 is 18.4. The van der Waals surface area contributed by atoms with Crippen molar-refractivity contribution in [1.29, 1.82) is 0 Å². The van der Waals surface area contributed by atoms with Gasteiger partial charge in [0.05, 0.1) is 0 Å². The van der Waals surface area contributed by atoms with Crippen LogP contribution in [0, 0.1) is 5.41 Å². The molecule has 0 radical (unpaired) electrons. The first-order valence-electron chi connectivity index (χ1n) is 6.37. The van der Waals surface area contributed by atoms with Crippen LogP contribution in [0.1, 0.15) is 32.1 Å². The maximum absolute atomic E-state index is 6.40. The predicted molar refractivity (Wildman–Crippen MR) is 76.0 cm³/mol. The molecule has 0 amide bonds. The van der Waals surface area contributed by atoms with E-state index in [-0.39, 0.29) is 16.9 Å². The second-order valence-corrected chi connectivity index (χ2v) is 6.75. The van der Waals surface area contributed by atoms with E-state index in [1.165, 1.54) is 25.7 Å². The molecule has 1 nitrogen and oxygen atoms in total. The van der Waals surface area contributed by atoms with Gasteiger partial charge in [-0.2, -0.15) is 0 Å². The lowest BCUT2D eigenvalue weighted by atomic mass is 9.64. The summed E-state index contributed by atoms with van der Waals surface area (Å²) in [5.74, 6) is 0.757. The molecule has 0 heterocycles. The van der Waals surface area contributed by atoms with E-state index in [0.29, 0.717) is 10.0 Å². The molecule has 0 N–H and O–H groups in total. The van der Waals surface area contributed by atoms with Crippen molar-refractivity contribution < 1.29 is 4.74 Å². The van der Waals surface area contributed by atoms with Crippen LogP contribution in [0.2, 0.25) is 10.0 Å². The zero-order valence-corrected chi connectivity index (χ0v) is 12.2. The number of hydrogen-bond donors (Lipinski definition) is 0. The second kappa shape index (κ2) is 4.77. The summed E-state index contributed by atoms with van der Waals surface area (Å²) in [5, 5.41) is 1.49. The van der Waals surface area contributed by atoms with Crippen molar-refractivity contribution in [2.75, 3.05) is 0 Å². The fourth-order valence-corrected chi connectivity index (χ4v) is 4.32. The van der Waals surface area contributed by atoms with Crippen molar-refractivity contribution >= 4 is 34.8 Å². The standard InChI is InChI=1S/C14H15Cl3O/c15-9-5-10(16)7-11(6-9)18-13-8-12(17)14(13)3-1-2-4-14/h5-7,12-13H,1-4,8H2. The Morgan fingerprint density at radius 3 is 2.22 bits per heavy atom. The molecule has 4 heteroatoms. The predicted octanol–water partition coefficient (Wildman–Crippen LogP) is 5.31. The largest absolute Gasteiger partial charge is 0.490 e. The van der Waals surface area contributed by atoms with E-state index in [0.717, 1.165) is 12.2 Å². The molecule has 2 atom stereocenters. The Kier molecular flexibility index (Phi) is 3.42. The highest BCUT2D eigenvalue weighted by molar-refractivity contribution is 6.34. The molecule has 2 unspecified atom stereocenters. The van der Waals surface area contributed by atoms with Gasteiger partial charge in [0.25, 0.3) is 0 Å². The van der Waals surface area contributed by atoms with Gasteiger partial charge in [-0.25, -0.2) is 0 Å². The monoisotopic (exact) mass is 304 g/mol. The topological polar surface area (TPSA) is 9.23 Å². The highest BCUT2D eigenvalue weighted by Crippen LogP contribution is 2.57. The van der Waals surface area contributed by atoms with Crippen LogP contribution in [0.3, 0.4) is 0 Å². The van der Waals surface area contributed by atoms with Crippen LogP contribution in [0.4, 0.5) is 0 Å². The van der Waals surface area contributed by atoms with Gasteiger partial charge in [0.1, 0.15) is 11.9 Å². The van der Waals surface area contributed by atoms with Gasteiger partial charge >= 0.3 is 0 Å². The minimum atomic E-state index is 0.191. The molecule has 3 rings (SSSR count). The van der Waals surface area contributed by atoms with Crippen LogP contribution in [0.15, 0.2) is 18.2 Å². The van der Waals surface area contributed by atoms with E-state index in [9.17, 15) is 0 Å². The molecule has 1 spiro atoms. The number of benzene rings is 1. The SMILES string of the molecule is Clc1cc(Cl)cc(OC2CC(Cl)C23CCCC3)c1. The fraction of sp³-hybridized carbons (Fsp3) is 0.571. The Balaban J connectivity index is 1.77. The Morgan fingerprint density at radius 1 is 1.06 bits per heavy atom. The van der Waals surface area contributed by atoms with Gasteiger partial charge in [-0.3, -0.25) is 0 Å². The van der Waals surface area contributed by atoms with Crippen LogP contribution in [0.5, 0.6) is 5.75 Å². The minimum absolute atomic E-state index is 0.191. The van der Waals surface area contributed by atoms with Gasteiger partial charge in [0.15, 0.2) is 0 Å². The van der Waals surface area contributed by atoms with E-state index in [4.69, 9.17) is 39.5 Å². The number of halogens is 3. The normalized spacial score (nSPS) is 29.3. The highest BCUT2D eigenvalue weighted by atomic mass is 35.5. The van der Waals surface area contributed by atoms with Crippen molar-refractivity contribution in [2.45, 2.75) is 43.6 Å². The molecule has 0 aromatic heterocycles. The third-order valence-electron chi connectivity index (χ3n) is 4.33. The van der Waals surface area contributed by atoms with Crippen LogP contribution >= 0.6 is 34.8 Å². The van der Waals surface area contributed by atoms with Crippen LogP contribution in [-0.4, -0.2) is 11.5 Å². The Labute approximate surface area is 122 Å². The second-order valence-electron chi connectivity index (χ2n) is 5.36. The van der Waals surface area contributed by atoms with Crippen molar-refractivity contribution in [3.63, 3.8) is 0 Å². The first-order chi connectivity index (χ1) is 8.60. The lowest BCUT2D eigenvalue weighted by molar-refractivity contribution is -0.0355. The van der Waals surface area contributed by atoms with Gasteiger partial charge in [0, 0.05) is 27.3 Å². The van der Waals surface area contributed by atoms with E-state index >= 15 is 0 Å². The summed E-state index contributed by atoms with van der Waals surface area (Å²) in [7, 11) is 0. The average Bonchev–Trinajstić information content (AvgIpc) is 2.79. The Morgan fingerprint density at radius 2 is 1.67 bits per heavy atom. The zero-order valence-electron chi connectivity index (χ0n) is 9.96. The molecule has 1 aromatic carbocycles. The number of hydrogen-bond acceptors (Lipinski definition) is 1. The van der Waals surface area contributed by atoms with Gasteiger partial charge in [-0.15, -0.1) is 11.6 Å². The molecule has 1 aromatic rings. The van der Waals surface area contributed by atoms with Gasteiger partial charge in [0.2, 0.25) is 0 Å². The zero-order chi connectivity index (χ0) is 12.8. The average molecular weight is 306 g/mol. The smallest absolute Gasteiger partial charge is 0.122 e. The summed E-state index contributed by atoms with van der Waals surface area (Å²) < 4.78 is 6.07. The van der Waals surface area contributed by atoms with E-state index in [1.807, 2.05) is 12.1 Å². The lowest BCUT2D eigenvalue weighted by Crippen LogP contribution is -2.55. The maximum atomic E-state index is 6.40. The minimum Gasteiger partial charge on any atom is -0.490 e. The van der Waals surface area contributed by atoms with Crippen molar-refractivity contribution in [3.05, 3.63) is 28.2 Å². The third-order valence-corrected chi connectivity index (χ3v) is 5.38. The van der Waals surface area contributed by atoms with Gasteiger partial charge in [-0.1, -0.05) is 36.0 Å². The molecule has 0 aliphatic heterocycles. The fourth-order valence-electron chi connectivity index (χ4n) is 3.29. The van der Waals surface area contributed by atoms with Crippen LogP contribution in [0.25, 0.3) is 0 Å². The number of ether oxygens (including phenoxy) is 1. The summed E-state index contributed by atoms with van der Waals surface area (Å²) in [6.07, 6.45) is 6.03. The Bertz CT molecular complexity index is 434. The summed E-state index contributed by atoms with van der Waals surface area (Å²) in [6, 6.07) is 5.35. The molecule has 2 aliphatic rings. The lowest BCUT2D eigenvalue weighted by Gasteiger charge is -2.50. The molecular weight excluding hydrogens is 291 g/mol. The Hall–Kier alpha value is -0.110. The van der Waals surface area contributed by atoms with E-state index in [2.05, 4.69) is 0 Å². The number of rotatable bonds is 2. The molecule has 0 saturated heterocycles. The molecule has 2 aliphatic carbocycles. The highest BCUT2D eigenvalue weighted by Gasteiger charge is 2.56. The van der Waals surface area contributed by atoms with Crippen LogP contribution < -0.4 is 4.74 Å². The van der Waals surface area contributed by atoms with Gasteiger partial charge in [-0.05, 0) is 31.0 Å². The van der Waals surface area contributed by atoms with Crippen molar-refractivity contribution in [2.24, 2.45) is 5.41 Å². The van der Waals surface area contributed by atoms with Crippen molar-refractivity contribution in [3.8, 4) is 5.75 Å². The summed E-state index contributed by atoms with van der Waals surface area (Å²) in [4.78, 5) is 0. The van der Waals surface area contributed by atoms with Gasteiger partial charge < -0.3 is 4.74 Å². The molecule has 2 fully saturated rings. The van der Waals surface area contributed by atoms with E-state index < -0.39 is 0 Å². The van der Waals surface area contributed by atoms with E-state index in [1.54, 1.807) is 6.07 Å². The van der Waals surface area contributed by atoms with Crippen molar-refractivity contribution in [1.82, 2.24) is 0 Å².